The Balaban J connectivity index is 1.51. The van der Waals surface area contributed by atoms with Crippen LogP contribution in [0.3, 0.4) is 0 Å². The summed E-state index contributed by atoms with van der Waals surface area (Å²) in [6.07, 6.45) is 0.608. The number of amides is 2. The molecule has 1 saturated heterocycles. The van der Waals surface area contributed by atoms with E-state index in [9.17, 15) is 14.4 Å². The number of hydrogen-bond donors (Lipinski definition) is 1. The lowest BCUT2D eigenvalue weighted by Crippen LogP contribution is -2.54. The number of likely N-dealkylation sites (tertiary alicyclic amines) is 1. The second-order valence-corrected chi connectivity index (χ2v) is 12.7. The molecule has 8 heteroatoms. The van der Waals surface area contributed by atoms with E-state index in [-0.39, 0.29) is 24.5 Å². The van der Waals surface area contributed by atoms with Crippen molar-refractivity contribution < 1.29 is 28.6 Å². The van der Waals surface area contributed by atoms with Gasteiger partial charge in [-0.15, -0.1) is 0 Å². The predicted octanol–water partition coefficient (Wildman–Crippen LogP) is 5.36. The van der Waals surface area contributed by atoms with Gasteiger partial charge in [-0.25, -0.2) is 9.59 Å². The summed E-state index contributed by atoms with van der Waals surface area (Å²) in [7, 11) is 0. The average molecular weight is 539 g/mol. The normalized spacial score (nSPS) is 24.9. The number of carbonyl (C=O) groups is 3. The summed E-state index contributed by atoms with van der Waals surface area (Å²) in [5.74, 6) is -0.828. The summed E-state index contributed by atoms with van der Waals surface area (Å²) < 4.78 is 17.6. The monoisotopic (exact) mass is 538 g/mol. The smallest absolute Gasteiger partial charge is 0.411 e. The quantitative estimate of drug-likeness (QED) is 0.477. The molecule has 2 amide bonds. The van der Waals surface area contributed by atoms with E-state index < -0.39 is 34.8 Å². The van der Waals surface area contributed by atoms with E-state index in [1.54, 1.807) is 20.8 Å². The molecule has 0 bridgehead atoms. The molecular weight excluding hydrogens is 496 g/mol. The van der Waals surface area contributed by atoms with Gasteiger partial charge in [0.15, 0.2) is 0 Å². The minimum Gasteiger partial charge on any atom is -0.458 e. The first-order chi connectivity index (χ1) is 18.2. The van der Waals surface area contributed by atoms with E-state index in [1.165, 1.54) is 4.90 Å². The summed E-state index contributed by atoms with van der Waals surface area (Å²) in [6, 6.07) is 13.4. The Bertz CT molecular complexity index is 1220. The number of benzene rings is 2. The van der Waals surface area contributed by atoms with Crippen LogP contribution in [0.1, 0.15) is 73.3 Å². The van der Waals surface area contributed by atoms with Crippen LogP contribution < -0.4 is 5.32 Å². The molecule has 2 aromatic carbocycles. The number of ether oxygens (including phenoxy) is 3. The van der Waals surface area contributed by atoms with Crippen LogP contribution >= 0.6 is 0 Å². The van der Waals surface area contributed by atoms with Crippen molar-refractivity contribution in [2.45, 2.75) is 103 Å². The number of esters is 1. The maximum absolute atomic E-state index is 13.7. The molecule has 1 N–H and O–H groups in total. The van der Waals surface area contributed by atoms with Gasteiger partial charge in [0.1, 0.15) is 22.8 Å². The van der Waals surface area contributed by atoms with Crippen LogP contribution in [0.25, 0.3) is 10.8 Å². The molecule has 0 aromatic heterocycles. The van der Waals surface area contributed by atoms with Gasteiger partial charge < -0.3 is 19.5 Å². The fraction of sp³-hybridized carbons (Fsp3) is 0.581. The Kier molecular flexibility index (Phi) is 7.99. The van der Waals surface area contributed by atoms with Crippen LogP contribution in [0.15, 0.2) is 42.5 Å². The van der Waals surface area contributed by atoms with Gasteiger partial charge in [-0.2, -0.15) is 0 Å². The molecule has 1 heterocycles. The van der Waals surface area contributed by atoms with E-state index in [0.29, 0.717) is 19.4 Å². The Morgan fingerprint density at radius 1 is 0.974 bits per heavy atom. The van der Waals surface area contributed by atoms with Crippen molar-refractivity contribution in [2.75, 3.05) is 6.54 Å². The van der Waals surface area contributed by atoms with Gasteiger partial charge in [-0.05, 0) is 70.2 Å². The molecule has 4 atom stereocenters. The standard InChI is InChI=1S/C31H42N2O6/c1-8-22-17-31(22,27(35)38-29(2,3)4)32-26(34)25-16-23(18-33(25)28(36)39-30(5,6)7)37-19-21-14-11-13-20-12-9-10-15-24(20)21/h9-15,22-23,25H,8,16-19H2,1-7H3,(H,32,34). The van der Waals surface area contributed by atoms with Gasteiger partial charge in [0.05, 0.1) is 19.3 Å². The summed E-state index contributed by atoms with van der Waals surface area (Å²) in [5, 5.41) is 5.21. The summed E-state index contributed by atoms with van der Waals surface area (Å²) in [5.41, 5.74) is -1.42. The summed E-state index contributed by atoms with van der Waals surface area (Å²) >= 11 is 0. The Labute approximate surface area is 231 Å². The highest BCUT2D eigenvalue weighted by Crippen LogP contribution is 2.47. The Hall–Kier alpha value is -3.13. The van der Waals surface area contributed by atoms with Gasteiger partial charge in [0.25, 0.3) is 0 Å². The van der Waals surface area contributed by atoms with Crippen molar-refractivity contribution >= 4 is 28.7 Å². The van der Waals surface area contributed by atoms with Crippen molar-refractivity contribution in [2.24, 2.45) is 5.92 Å². The molecule has 1 aliphatic heterocycles. The van der Waals surface area contributed by atoms with Crippen LogP contribution in [-0.4, -0.2) is 58.3 Å². The fourth-order valence-corrected chi connectivity index (χ4v) is 5.26. The molecule has 0 spiro atoms. The maximum atomic E-state index is 13.7. The number of rotatable bonds is 7. The van der Waals surface area contributed by atoms with E-state index in [1.807, 2.05) is 52.0 Å². The molecule has 4 rings (SSSR count). The second-order valence-electron chi connectivity index (χ2n) is 12.7. The highest BCUT2D eigenvalue weighted by molar-refractivity contribution is 5.94. The SMILES string of the molecule is CCC1CC1(NC(=O)C1CC(OCc2cccc3ccccc23)CN1C(=O)OC(C)(C)C)C(=O)OC(C)(C)C. The van der Waals surface area contributed by atoms with Crippen molar-refractivity contribution in [1.29, 1.82) is 0 Å². The lowest BCUT2D eigenvalue weighted by Gasteiger charge is -2.30. The highest BCUT2D eigenvalue weighted by atomic mass is 16.6. The van der Waals surface area contributed by atoms with Crippen molar-refractivity contribution in [3.8, 4) is 0 Å². The number of nitrogens with one attached hydrogen (secondary N) is 1. The molecule has 212 valence electrons. The van der Waals surface area contributed by atoms with Crippen LogP contribution in [0.2, 0.25) is 0 Å². The zero-order chi connectivity index (χ0) is 28.6. The molecule has 2 aliphatic rings. The van der Waals surface area contributed by atoms with Crippen molar-refractivity contribution in [3.05, 3.63) is 48.0 Å². The van der Waals surface area contributed by atoms with Gasteiger partial charge in [0.2, 0.25) is 5.91 Å². The Morgan fingerprint density at radius 2 is 1.64 bits per heavy atom. The zero-order valence-corrected chi connectivity index (χ0v) is 24.2. The average Bonchev–Trinajstić information content (AvgIpc) is 3.38. The van der Waals surface area contributed by atoms with E-state index >= 15 is 0 Å². The maximum Gasteiger partial charge on any atom is 0.411 e. The third-order valence-corrected chi connectivity index (χ3v) is 7.26. The first kappa shape index (κ1) is 28.9. The van der Waals surface area contributed by atoms with E-state index in [4.69, 9.17) is 14.2 Å². The minimum absolute atomic E-state index is 0.00825. The molecule has 2 fully saturated rings. The van der Waals surface area contributed by atoms with Crippen LogP contribution in [0.4, 0.5) is 4.79 Å². The molecule has 1 saturated carbocycles. The summed E-state index contributed by atoms with van der Waals surface area (Å²) in [6.45, 7) is 13.3. The summed E-state index contributed by atoms with van der Waals surface area (Å²) in [4.78, 5) is 41.4. The molecule has 8 nitrogen and oxygen atoms in total. The topological polar surface area (TPSA) is 94.2 Å². The van der Waals surface area contributed by atoms with Gasteiger partial charge in [-0.1, -0.05) is 55.8 Å². The van der Waals surface area contributed by atoms with Crippen molar-refractivity contribution in [1.82, 2.24) is 10.2 Å². The number of carbonyl (C=O) groups excluding carboxylic acids is 3. The van der Waals surface area contributed by atoms with Crippen LogP contribution in [-0.2, 0) is 30.4 Å². The number of nitrogens with zero attached hydrogens (tertiary/aromatic N) is 1. The van der Waals surface area contributed by atoms with Gasteiger partial charge in [0, 0.05) is 6.42 Å². The largest absolute Gasteiger partial charge is 0.458 e. The molecule has 1 aliphatic carbocycles. The van der Waals surface area contributed by atoms with Gasteiger partial charge >= 0.3 is 12.1 Å². The second kappa shape index (κ2) is 10.8. The lowest BCUT2D eigenvalue weighted by atomic mass is 10.1. The van der Waals surface area contributed by atoms with E-state index in [2.05, 4.69) is 23.5 Å². The first-order valence-corrected chi connectivity index (χ1v) is 13.9. The minimum atomic E-state index is -1.07. The third-order valence-electron chi connectivity index (χ3n) is 7.26. The molecular formula is C31H42N2O6. The van der Waals surface area contributed by atoms with Gasteiger partial charge in [-0.3, -0.25) is 9.69 Å². The van der Waals surface area contributed by atoms with Crippen molar-refractivity contribution in [3.63, 3.8) is 0 Å². The molecule has 39 heavy (non-hydrogen) atoms. The first-order valence-electron chi connectivity index (χ1n) is 13.9. The van der Waals surface area contributed by atoms with Crippen LogP contribution in [0, 0.1) is 5.92 Å². The number of hydrogen-bond acceptors (Lipinski definition) is 6. The predicted molar refractivity (Wildman–Crippen MR) is 149 cm³/mol. The zero-order valence-electron chi connectivity index (χ0n) is 24.2. The Morgan fingerprint density at radius 3 is 2.28 bits per heavy atom. The van der Waals surface area contributed by atoms with E-state index in [0.717, 1.165) is 22.8 Å². The lowest BCUT2D eigenvalue weighted by molar-refractivity contribution is -0.161. The molecule has 2 aromatic rings. The third kappa shape index (κ3) is 6.72. The fourth-order valence-electron chi connectivity index (χ4n) is 5.26. The highest BCUT2D eigenvalue weighted by Gasteiger charge is 2.62. The number of fused-ring (bicyclic) bond motifs is 1. The van der Waals surface area contributed by atoms with Crippen LogP contribution in [0.5, 0.6) is 0 Å². The molecule has 0 radical (unpaired) electrons. The molecule has 4 unspecified atom stereocenters.